The Bertz CT molecular complexity index is 384. The summed E-state index contributed by atoms with van der Waals surface area (Å²) in [6.45, 7) is 1.28. The standard InChI is InChI=1S/C11H11NO3/c1-8(13)10(7-12-15)11(14)9-5-3-2-4-6-9/h2-7,10,15H,1H3. The highest BCUT2D eigenvalue weighted by Crippen LogP contribution is 2.08. The molecule has 1 N–H and O–H groups in total. The van der Waals surface area contributed by atoms with Crippen LogP contribution in [0.3, 0.4) is 0 Å². The Balaban J connectivity index is 2.96. The van der Waals surface area contributed by atoms with Crippen LogP contribution in [0, 0.1) is 5.92 Å². The molecule has 0 fully saturated rings. The molecular formula is C11H11NO3. The molecule has 15 heavy (non-hydrogen) atoms. The van der Waals surface area contributed by atoms with Crippen LogP contribution in [0.15, 0.2) is 35.5 Å². The molecule has 0 aliphatic heterocycles. The van der Waals surface area contributed by atoms with E-state index in [4.69, 9.17) is 5.21 Å². The zero-order valence-electron chi connectivity index (χ0n) is 8.25. The van der Waals surface area contributed by atoms with Gasteiger partial charge < -0.3 is 5.21 Å². The first-order valence-corrected chi connectivity index (χ1v) is 4.44. The second-order valence-corrected chi connectivity index (χ2v) is 3.08. The molecule has 0 saturated heterocycles. The SMILES string of the molecule is CC(=O)C(C=NO)C(=O)c1ccccc1. The lowest BCUT2D eigenvalue weighted by Crippen LogP contribution is -2.23. The number of ketones is 2. The maximum Gasteiger partial charge on any atom is 0.178 e. The zero-order chi connectivity index (χ0) is 11.3. The molecule has 0 aliphatic carbocycles. The van der Waals surface area contributed by atoms with Crippen LogP contribution < -0.4 is 0 Å². The number of Topliss-reactive ketones (excluding diaryl/α,β-unsaturated/α-hetero) is 2. The lowest BCUT2D eigenvalue weighted by Gasteiger charge is -2.05. The van der Waals surface area contributed by atoms with Crippen molar-refractivity contribution in [2.24, 2.45) is 11.1 Å². The Labute approximate surface area is 87.2 Å². The second kappa shape index (κ2) is 5.05. The van der Waals surface area contributed by atoms with Crippen molar-refractivity contribution >= 4 is 17.8 Å². The predicted molar refractivity (Wildman–Crippen MR) is 55.2 cm³/mol. The van der Waals surface area contributed by atoms with Crippen LogP contribution in [0.2, 0.25) is 0 Å². The van der Waals surface area contributed by atoms with Gasteiger partial charge in [-0.25, -0.2) is 0 Å². The lowest BCUT2D eigenvalue weighted by atomic mass is 9.95. The van der Waals surface area contributed by atoms with Crippen molar-refractivity contribution in [2.45, 2.75) is 6.92 Å². The molecule has 1 atom stereocenters. The molecule has 0 aliphatic rings. The predicted octanol–water partition coefficient (Wildman–Crippen LogP) is 1.53. The van der Waals surface area contributed by atoms with E-state index in [1.54, 1.807) is 30.3 Å². The van der Waals surface area contributed by atoms with Gasteiger partial charge in [-0.2, -0.15) is 0 Å². The third-order valence-electron chi connectivity index (χ3n) is 1.99. The maximum atomic E-state index is 11.8. The van der Waals surface area contributed by atoms with Crippen LogP contribution >= 0.6 is 0 Å². The number of benzene rings is 1. The third-order valence-corrected chi connectivity index (χ3v) is 1.99. The van der Waals surface area contributed by atoms with Gasteiger partial charge in [0.1, 0.15) is 11.7 Å². The van der Waals surface area contributed by atoms with Gasteiger partial charge in [0.25, 0.3) is 0 Å². The fraction of sp³-hybridized carbons (Fsp3) is 0.182. The number of oxime groups is 1. The van der Waals surface area contributed by atoms with E-state index >= 15 is 0 Å². The summed E-state index contributed by atoms with van der Waals surface area (Å²) in [4.78, 5) is 22.9. The third kappa shape index (κ3) is 2.74. The van der Waals surface area contributed by atoms with Gasteiger partial charge in [0.05, 0.1) is 6.21 Å². The summed E-state index contributed by atoms with van der Waals surface area (Å²) in [6.07, 6.45) is 0.942. The number of hydrogen-bond donors (Lipinski definition) is 1. The van der Waals surface area contributed by atoms with E-state index in [2.05, 4.69) is 5.16 Å². The summed E-state index contributed by atoms with van der Waals surface area (Å²) in [6, 6.07) is 8.42. The summed E-state index contributed by atoms with van der Waals surface area (Å²) in [5.74, 6) is -1.71. The Morgan fingerprint density at radius 1 is 1.33 bits per heavy atom. The smallest absolute Gasteiger partial charge is 0.178 e. The second-order valence-electron chi connectivity index (χ2n) is 3.08. The monoisotopic (exact) mass is 205 g/mol. The highest BCUT2D eigenvalue weighted by Gasteiger charge is 2.22. The molecule has 78 valence electrons. The molecule has 1 aromatic carbocycles. The van der Waals surface area contributed by atoms with E-state index in [0.717, 1.165) is 6.21 Å². The molecule has 0 radical (unpaired) electrons. The van der Waals surface area contributed by atoms with E-state index in [9.17, 15) is 9.59 Å². The van der Waals surface area contributed by atoms with Crippen molar-refractivity contribution in [3.8, 4) is 0 Å². The molecule has 0 aromatic heterocycles. The largest absolute Gasteiger partial charge is 0.411 e. The molecule has 1 aromatic rings. The first-order valence-electron chi connectivity index (χ1n) is 4.44. The van der Waals surface area contributed by atoms with Crippen LogP contribution in [0.5, 0.6) is 0 Å². The number of hydrogen-bond acceptors (Lipinski definition) is 4. The first kappa shape index (κ1) is 11.1. The Morgan fingerprint density at radius 3 is 2.40 bits per heavy atom. The van der Waals surface area contributed by atoms with Crippen LogP contribution in [0.25, 0.3) is 0 Å². The number of nitrogens with zero attached hydrogens (tertiary/aromatic N) is 1. The van der Waals surface area contributed by atoms with Crippen molar-refractivity contribution in [1.29, 1.82) is 0 Å². The average Bonchev–Trinajstić information content (AvgIpc) is 2.26. The summed E-state index contributed by atoms with van der Waals surface area (Å²) in [5, 5.41) is 11.1. The van der Waals surface area contributed by atoms with E-state index in [-0.39, 0.29) is 11.6 Å². The normalized spacial score (nSPS) is 12.6. The Hall–Kier alpha value is -1.97. The Morgan fingerprint density at radius 2 is 1.93 bits per heavy atom. The minimum Gasteiger partial charge on any atom is -0.411 e. The van der Waals surface area contributed by atoms with Crippen LogP contribution in [-0.2, 0) is 4.79 Å². The number of rotatable bonds is 4. The number of carbonyl (C=O) groups is 2. The highest BCUT2D eigenvalue weighted by atomic mass is 16.4. The summed E-state index contributed by atoms with van der Waals surface area (Å²) in [7, 11) is 0. The lowest BCUT2D eigenvalue weighted by molar-refractivity contribution is -0.117. The summed E-state index contributed by atoms with van der Waals surface area (Å²) >= 11 is 0. The fourth-order valence-electron chi connectivity index (χ4n) is 1.21. The molecule has 0 bridgehead atoms. The van der Waals surface area contributed by atoms with Gasteiger partial charge in [-0.1, -0.05) is 30.3 Å². The molecule has 0 heterocycles. The minimum atomic E-state index is -1.00. The average molecular weight is 205 g/mol. The van der Waals surface area contributed by atoms with Crippen molar-refractivity contribution in [2.75, 3.05) is 0 Å². The van der Waals surface area contributed by atoms with Crippen molar-refractivity contribution in [3.05, 3.63) is 35.9 Å². The Kier molecular flexibility index (Phi) is 3.74. The van der Waals surface area contributed by atoms with Crippen molar-refractivity contribution < 1.29 is 14.8 Å². The fourth-order valence-corrected chi connectivity index (χ4v) is 1.21. The van der Waals surface area contributed by atoms with Gasteiger partial charge in [-0.05, 0) is 6.92 Å². The van der Waals surface area contributed by atoms with Gasteiger partial charge in [0, 0.05) is 5.56 Å². The summed E-state index contributed by atoms with van der Waals surface area (Å²) in [5.41, 5.74) is 0.428. The van der Waals surface area contributed by atoms with E-state index < -0.39 is 5.92 Å². The summed E-state index contributed by atoms with van der Waals surface area (Å²) < 4.78 is 0. The van der Waals surface area contributed by atoms with Gasteiger partial charge in [0.2, 0.25) is 0 Å². The van der Waals surface area contributed by atoms with Crippen LogP contribution in [0.4, 0.5) is 0 Å². The minimum absolute atomic E-state index is 0.346. The topological polar surface area (TPSA) is 66.7 Å². The van der Waals surface area contributed by atoms with Gasteiger partial charge in [-0.15, -0.1) is 5.16 Å². The molecule has 0 saturated carbocycles. The molecule has 1 unspecified atom stereocenters. The van der Waals surface area contributed by atoms with E-state index in [0.29, 0.717) is 5.56 Å². The van der Waals surface area contributed by atoms with E-state index in [1.165, 1.54) is 6.92 Å². The quantitative estimate of drug-likeness (QED) is 0.266. The molecular weight excluding hydrogens is 194 g/mol. The van der Waals surface area contributed by atoms with Crippen LogP contribution in [0.1, 0.15) is 17.3 Å². The maximum absolute atomic E-state index is 11.8. The van der Waals surface area contributed by atoms with Crippen LogP contribution in [-0.4, -0.2) is 23.0 Å². The molecule has 4 nitrogen and oxygen atoms in total. The molecule has 1 rings (SSSR count). The van der Waals surface area contributed by atoms with Gasteiger partial charge in [0.15, 0.2) is 5.78 Å². The first-order chi connectivity index (χ1) is 7.16. The van der Waals surface area contributed by atoms with Gasteiger partial charge in [-0.3, -0.25) is 9.59 Å². The van der Waals surface area contributed by atoms with Crippen molar-refractivity contribution in [3.63, 3.8) is 0 Å². The van der Waals surface area contributed by atoms with E-state index in [1.807, 2.05) is 0 Å². The van der Waals surface area contributed by atoms with Gasteiger partial charge >= 0.3 is 0 Å². The number of carbonyl (C=O) groups excluding carboxylic acids is 2. The molecule has 0 amide bonds. The highest BCUT2D eigenvalue weighted by molar-refractivity contribution is 6.19. The molecule has 0 spiro atoms. The van der Waals surface area contributed by atoms with Crippen molar-refractivity contribution in [1.82, 2.24) is 0 Å². The molecule has 4 heteroatoms. The zero-order valence-corrected chi connectivity index (χ0v) is 8.25.